The van der Waals surface area contributed by atoms with E-state index < -0.39 is 5.97 Å². The number of aromatic carboxylic acids is 1. The minimum atomic E-state index is -1.02. The van der Waals surface area contributed by atoms with Crippen LogP contribution in [0, 0.1) is 0 Å². The number of halogens is 2. The summed E-state index contributed by atoms with van der Waals surface area (Å²) >= 11 is 11.4. The first kappa shape index (κ1) is 12.3. The third kappa shape index (κ3) is 4.06. The number of hydrogen-bond acceptors (Lipinski definition) is 2. The van der Waals surface area contributed by atoms with E-state index >= 15 is 0 Å². The fraction of sp³-hybridized carbons (Fsp3) is 0.400. The maximum absolute atomic E-state index is 10.5. The van der Waals surface area contributed by atoms with Gasteiger partial charge in [0.1, 0.15) is 5.69 Å². The molecule has 1 N–H and O–H groups in total. The van der Waals surface area contributed by atoms with Crippen molar-refractivity contribution in [2.75, 3.05) is 5.88 Å². The molecular formula is C10H11Cl2NO2. The molecule has 3 nitrogen and oxygen atoms in total. The number of rotatable bonds is 5. The fourth-order valence-corrected chi connectivity index (χ4v) is 1.36. The van der Waals surface area contributed by atoms with Crippen LogP contribution < -0.4 is 0 Å². The van der Waals surface area contributed by atoms with Crippen LogP contribution in [0.25, 0.3) is 0 Å². The van der Waals surface area contributed by atoms with Gasteiger partial charge in [-0.3, -0.25) is 0 Å². The maximum atomic E-state index is 10.5. The lowest BCUT2D eigenvalue weighted by Gasteiger charge is -2.04. The monoisotopic (exact) mass is 247 g/mol. The summed E-state index contributed by atoms with van der Waals surface area (Å²) < 4.78 is 0. The van der Waals surface area contributed by atoms with Crippen molar-refractivity contribution in [2.45, 2.75) is 18.2 Å². The molecule has 0 fully saturated rings. The molecule has 0 saturated heterocycles. The van der Waals surface area contributed by atoms with Crippen molar-refractivity contribution in [1.82, 2.24) is 4.98 Å². The largest absolute Gasteiger partial charge is 0.477 e. The van der Waals surface area contributed by atoms with Crippen LogP contribution in [0.3, 0.4) is 0 Å². The van der Waals surface area contributed by atoms with Crippen LogP contribution in [0.4, 0.5) is 0 Å². The molecule has 0 amide bonds. The Morgan fingerprint density at radius 3 is 2.73 bits per heavy atom. The maximum Gasteiger partial charge on any atom is 0.354 e. The van der Waals surface area contributed by atoms with Gasteiger partial charge in [-0.05, 0) is 24.5 Å². The van der Waals surface area contributed by atoms with Gasteiger partial charge in [0.25, 0.3) is 0 Å². The number of hydrogen-bond donors (Lipinski definition) is 1. The molecular weight excluding hydrogens is 237 g/mol. The molecule has 15 heavy (non-hydrogen) atoms. The standard InChI is InChI=1S/C10H11Cl2NO2/c11-5-8(12)3-1-7-2-4-9(10(14)15)13-6-7/h2,4,6,8H,1,3,5H2,(H,14,15). The number of alkyl halides is 2. The van der Waals surface area contributed by atoms with E-state index in [1.165, 1.54) is 6.07 Å². The van der Waals surface area contributed by atoms with Gasteiger partial charge in [0, 0.05) is 17.5 Å². The Hall–Kier alpha value is -0.800. The van der Waals surface area contributed by atoms with Gasteiger partial charge in [-0.25, -0.2) is 9.78 Å². The van der Waals surface area contributed by atoms with Gasteiger partial charge in [-0.15, -0.1) is 23.2 Å². The molecule has 0 bridgehead atoms. The van der Waals surface area contributed by atoms with Crippen molar-refractivity contribution in [3.05, 3.63) is 29.6 Å². The third-order valence-corrected chi connectivity index (χ3v) is 2.86. The minimum absolute atomic E-state index is 0.0502. The second-order valence-electron chi connectivity index (χ2n) is 3.15. The lowest BCUT2D eigenvalue weighted by Crippen LogP contribution is -2.04. The van der Waals surface area contributed by atoms with Crippen molar-refractivity contribution in [1.29, 1.82) is 0 Å². The summed E-state index contributed by atoms with van der Waals surface area (Å²) in [5.41, 5.74) is 1.02. The molecule has 1 aromatic heterocycles. The van der Waals surface area contributed by atoms with Gasteiger partial charge in [-0.1, -0.05) is 6.07 Å². The molecule has 0 aliphatic carbocycles. The van der Waals surface area contributed by atoms with Gasteiger partial charge in [0.15, 0.2) is 0 Å². The first-order valence-electron chi connectivity index (χ1n) is 4.51. The molecule has 0 saturated carbocycles. The molecule has 1 unspecified atom stereocenters. The number of aromatic nitrogens is 1. The number of carboxylic acids is 1. The Balaban J connectivity index is 2.53. The predicted octanol–water partition coefficient (Wildman–Crippen LogP) is 2.56. The molecule has 0 aromatic carbocycles. The van der Waals surface area contributed by atoms with E-state index in [4.69, 9.17) is 28.3 Å². The number of aryl methyl sites for hydroxylation is 1. The lowest BCUT2D eigenvalue weighted by atomic mass is 10.1. The van der Waals surface area contributed by atoms with Gasteiger partial charge >= 0.3 is 5.97 Å². The molecule has 0 radical (unpaired) electrons. The fourth-order valence-electron chi connectivity index (χ4n) is 1.10. The number of carbonyl (C=O) groups is 1. The highest BCUT2D eigenvalue weighted by atomic mass is 35.5. The molecule has 1 aromatic rings. The summed E-state index contributed by atoms with van der Waals surface area (Å²) in [6.07, 6.45) is 3.08. The second kappa shape index (κ2) is 5.93. The summed E-state index contributed by atoms with van der Waals surface area (Å²) in [7, 11) is 0. The predicted molar refractivity (Wildman–Crippen MR) is 59.9 cm³/mol. The zero-order chi connectivity index (χ0) is 11.3. The average Bonchev–Trinajstić information content (AvgIpc) is 2.26. The first-order chi connectivity index (χ1) is 7.13. The molecule has 1 rings (SSSR count). The van der Waals surface area contributed by atoms with E-state index in [0.29, 0.717) is 5.88 Å². The van der Waals surface area contributed by atoms with E-state index in [2.05, 4.69) is 4.98 Å². The average molecular weight is 248 g/mol. The Morgan fingerprint density at radius 2 is 2.27 bits per heavy atom. The Labute approximate surface area is 98.0 Å². The van der Waals surface area contributed by atoms with Crippen LogP contribution >= 0.6 is 23.2 Å². The Bertz CT molecular complexity index is 327. The summed E-state index contributed by atoms with van der Waals surface area (Å²) in [5.74, 6) is -0.597. The van der Waals surface area contributed by atoms with E-state index in [9.17, 15) is 4.79 Å². The summed E-state index contributed by atoms with van der Waals surface area (Å²) in [6.45, 7) is 0. The van der Waals surface area contributed by atoms with Gasteiger partial charge in [-0.2, -0.15) is 0 Å². The van der Waals surface area contributed by atoms with E-state index in [0.717, 1.165) is 18.4 Å². The molecule has 0 aliphatic heterocycles. The van der Waals surface area contributed by atoms with Crippen LogP contribution in [-0.2, 0) is 6.42 Å². The van der Waals surface area contributed by atoms with Crippen molar-refractivity contribution < 1.29 is 9.90 Å². The highest BCUT2D eigenvalue weighted by molar-refractivity contribution is 6.28. The minimum Gasteiger partial charge on any atom is -0.477 e. The third-order valence-electron chi connectivity index (χ3n) is 1.96. The molecule has 0 spiro atoms. The Kier molecular flexibility index (Phi) is 4.85. The topological polar surface area (TPSA) is 50.2 Å². The van der Waals surface area contributed by atoms with Crippen LogP contribution in [0.15, 0.2) is 18.3 Å². The van der Waals surface area contributed by atoms with Crippen molar-refractivity contribution >= 4 is 29.2 Å². The number of pyridine rings is 1. The Morgan fingerprint density at radius 1 is 1.53 bits per heavy atom. The van der Waals surface area contributed by atoms with E-state index in [-0.39, 0.29) is 11.1 Å². The van der Waals surface area contributed by atoms with Crippen molar-refractivity contribution in [3.8, 4) is 0 Å². The van der Waals surface area contributed by atoms with Crippen LogP contribution in [-0.4, -0.2) is 27.3 Å². The van der Waals surface area contributed by atoms with Gasteiger partial charge < -0.3 is 5.11 Å². The molecule has 1 heterocycles. The van der Waals surface area contributed by atoms with Gasteiger partial charge in [0.05, 0.1) is 0 Å². The molecule has 82 valence electrons. The quantitative estimate of drug-likeness (QED) is 0.814. The van der Waals surface area contributed by atoms with Crippen LogP contribution in [0.1, 0.15) is 22.5 Å². The zero-order valence-corrected chi connectivity index (χ0v) is 9.50. The van der Waals surface area contributed by atoms with Gasteiger partial charge in [0.2, 0.25) is 0 Å². The van der Waals surface area contributed by atoms with E-state index in [1.807, 2.05) is 0 Å². The highest BCUT2D eigenvalue weighted by Crippen LogP contribution is 2.10. The van der Waals surface area contributed by atoms with Crippen molar-refractivity contribution in [3.63, 3.8) is 0 Å². The van der Waals surface area contributed by atoms with Crippen LogP contribution in [0.2, 0.25) is 0 Å². The van der Waals surface area contributed by atoms with Crippen molar-refractivity contribution in [2.24, 2.45) is 0 Å². The van der Waals surface area contributed by atoms with E-state index in [1.54, 1.807) is 12.3 Å². The normalized spacial score (nSPS) is 12.4. The summed E-state index contributed by atoms with van der Waals surface area (Å²) in [4.78, 5) is 14.3. The second-order valence-corrected chi connectivity index (χ2v) is 4.07. The number of nitrogens with zero attached hydrogens (tertiary/aromatic N) is 1. The zero-order valence-electron chi connectivity index (χ0n) is 7.99. The molecule has 1 atom stereocenters. The smallest absolute Gasteiger partial charge is 0.354 e. The lowest BCUT2D eigenvalue weighted by molar-refractivity contribution is 0.0690. The number of carboxylic acid groups (broad SMARTS) is 1. The molecule has 0 aliphatic rings. The first-order valence-corrected chi connectivity index (χ1v) is 5.49. The molecule has 5 heteroatoms. The SMILES string of the molecule is O=C(O)c1ccc(CCC(Cl)CCl)cn1. The summed E-state index contributed by atoms with van der Waals surface area (Å²) in [6, 6.07) is 3.23. The summed E-state index contributed by atoms with van der Waals surface area (Å²) in [5, 5.41) is 8.58. The highest BCUT2D eigenvalue weighted by Gasteiger charge is 2.05. The van der Waals surface area contributed by atoms with Crippen LogP contribution in [0.5, 0.6) is 0 Å².